The van der Waals surface area contributed by atoms with Crippen LogP contribution in [0.2, 0.25) is 10.0 Å². The number of aliphatic hydroxyl groups is 1. The minimum atomic E-state index is -1.07. The minimum Gasteiger partial charge on any atom is -0.481 e. The van der Waals surface area contributed by atoms with Crippen LogP contribution in [-0.2, 0) is 35.6 Å². The molecule has 0 saturated carbocycles. The summed E-state index contributed by atoms with van der Waals surface area (Å²) in [6.07, 6.45) is 5.38. The van der Waals surface area contributed by atoms with Crippen molar-refractivity contribution >= 4 is 35.1 Å². The van der Waals surface area contributed by atoms with Gasteiger partial charge in [0.25, 0.3) is 0 Å². The van der Waals surface area contributed by atoms with Crippen molar-refractivity contribution < 1.29 is 34.0 Å². The number of hydrogen-bond donors (Lipinski definition) is 3. The molecule has 0 bridgehead atoms. The van der Waals surface area contributed by atoms with Crippen molar-refractivity contribution in [2.24, 2.45) is 0 Å². The fourth-order valence-corrected chi connectivity index (χ4v) is 9.19. The highest BCUT2D eigenvalue weighted by Crippen LogP contribution is 2.45. The lowest BCUT2D eigenvalue weighted by Crippen LogP contribution is -2.66. The Hall–Kier alpha value is -5.78. The van der Waals surface area contributed by atoms with Crippen LogP contribution in [-0.4, -0.2) is 73.8 Å². The number of nitrogens with zero attached hydrogens (tertiary/aromatic N) is 5. The van der Waals surface area contributed by atoms with Crippen LogP contribution in [0.1, 0.15) is 78.0 Å². The maximum Gasteiger partial charge on any atom is 0.305 e. The number of aliphatic hydroxyl groups excluding tert-OH is 1. The van der Waals surface area contributed by atoms with Crippen molar-refractivity contribution in [1.29, 1.82) is 5.26 Å². The van der Waals surface area contributed by atoms with E-state index in [0.717, 1.165) is 59.3 Å². The third-order valence-corrected chi connectivity index (χ3v) is 12.2. The molecule has 2 fully saturated rings. The second-order valence-electron chi connectivity index (χ2n) is 15.9. The molecule has 3 N–H and O–H groups in total. The first kappa shape index (κ1) is 41.9. The van der Waals surface area contributed by atoms with Crippen LogP contribution in [0.15, 0.2) is 73.1 Å². The molecule has 8 rings (SSSR count). The number of rotatable bonds is 16. The fourth-order valence-electron chi connectivity index (χ4n) is 8.64. The Kier molecular flexibility index (Phi) is 12.4. The predicted octanol–water partition coefficient (Wildman–Crippen LogP) is 7.66. The van der Waals surface area contributed by atoms with E-state index in [4.69, 9.17) is 52.5 Å². The van der Waals surface area contributed by atoms with Crippen molar-refractivity contribution in [3.63, 3.8) is 0 Å². The summed E-state index contributed by atoms with van der Waals surface area (Å²) in [5, 5.41) is 32.5. The lowest BCUT2D eigenvalue weighted by atomic mass is 9.88. The number of carbonyl (C=O) groups excluding carboxylic acids is 1. The van der Waals surface area contributed by atoms with E-state index in [-0.39, 0.29) is 53.8 Å². The van der Waals surface area contributed by atoms with E-state index in [1.807, 2.05) is 42.5 Å². The van der Waals surface area contributed by atoms with E-state index >= 15 is 0 Å². The molecule has 2 saturated heterocycles. The maximum atomic E-state index is 11.8. The van der Waals surface area contributed by atoms with Crippen molar-refractivity contribution in [2.75, 3.05) is 20.2 Å². The summed E-state index contributed by atoms with van der Waals surface area (Å²) in [6.45, 7) is 2.35. The van der Waals surface area contributed by atoms with E-state index in [9.17, 15) is 20.0 Å². The first-order chi connectivity index (χ1) is 29.5. The number of hydrogen-bond acceptors (Lipinski definition) is 11. The minimum absolute atomic E-state index is 0.0777. The molecule has 2 atom stereocenters. The van der Waals surface area contributed by atoms with Crippen LogP contribution in [0.5, 0.6) is 17.6 Å². The van der Waals surface area contributed by atoms with E-state index in [1.165, 1.54) is 6.20 Å². The first-order valence-electron chi connectivity index (χ1n) is 20.2. The number of aromatic nitrogens is 3. The number of benzene rings is 2. The molecule has 2 aliphatic heterocycles. The molecule has 1 aliphatic carbocycles. The molecule has 5 aromatic rings. The van der Waals surface area contributed by atoms with Crippen LogP contribution < -0.4 is 19.5 Å². The molecule has 3 aromatic heterocycles. The number of halogens is 2. The summed E-state index contributed by atoms with van der Waals surface area (Å²) < 4.78 is 18.5. The second-order valence-corrected chi connectivity index (χ2v) is 16.7. The molecule has 15 heteroatoms. The Bertz CT molecular complexity index is 2520. The third kappa shape index (κ3) is 9.28. The molecule has 61 heavy (non-hydrogen) atoms. The zero-order valence-corrected chi connectivity index (χ0v) is 35.0. The highest BCUT2D eigenvalue weighted by molar-refractivity contribution is 6.36. The molecule has 1 amide bonds. The maximum absolute atomic E-state index is 11.8. The number of nitrogens with one attached hydrogen (secondary N) is 1. The SMILES string of the molecule is COc1nc(-c2cccc(-c3cccc4c3CC[C@@H]4Oc3nc(OCc4cncc(C#N)c4)c(CCC[C@@H](O)CC(=O)O)cc3Cl)c2Cl)ccc1CN1CC2(CCC(=O)N2)C1. The van der Waals surface area contributed by atoms with Crippen LogP contribution in [0, 0.1) is 11.3 Å². The highest BCUT2D eigenvalue weighted by Gasteiger charge is 2.47. The standard InChI is InChI=1S/C46H44Cl2N6O7/c1-59-43-30(23-54-25-46(26-54)16-15-40(56)53-46)11-13-38(51-43)36-10-4-9-35(42(36)48)32-7-3-8-34-33(32)12-14-39(34)61-45-37(47)18-29(5-2-6-31(55)19-41(57)58)44(52-45)60-24-28-17-27(20-49)21-50-22-28/h3-4,7-11,13,17-18,21-22,31,39,55H,2,5-6,12,14-16,19,23-26H2,1H3,(H,53,56)(H,57,58)/t31-,39+/m1/s1. The average Bonchev–Trinajstić information content (AvgIpc) is 3.84. The largest absolute Gasteiger partial charge is 0.481 e. The quantitative estimate of drug-likeness (QED) is 0.0883. The molecule has 2 aromatic carbocycles. The van der Waals surface area contributed by atoms with Gasteiger partial charge in [-0.05, 0) is 73.4 Å². The molecular weight excluding hydrogens is 819 g/mol. The number of nitriles is 1. The number of carboxylic acid groups (broad SMARTS) is 1. The third-order valence-electron chi connectivity index (χ3n) is 11.5. The van der Waals surface area contributed by atoms with Gasteiger partial charge in [0.15, 0.2) is 0 Å². The number of pyridine rings is 3. The van der Waals surface area contributed by atoms with Crippen LogP contribution in [0.25, 0.3) is 22.4 Å². The van der Waals surface area contributed by atoms with Crippen molar-refractivity contribution in [3.05, 3.63) is 116 Å². The van der Waals surface area contributed by atoms with Gasteiger partial charge in [-0.1, -0.05) is 65.7 Å². The van der Waals surface area contributed by atoms with Gasteiger partial charge in [0.1, 0.15) is 23.8 Å². The number of aryl methyl sites for hydroxylation is 1. The Labute approximate surface area is 363 Å². The van der Waals surface area contributed by atoms with Gasteiger partial charge in [-0.2, -0.15) is 10.2 Å². The molecule has 0 radical (unpaired) electrons. The number of amides is 1. The monoisotopic (exact) mass is 862 g/mol. The molecule has 0 unspecified atom stereocenters. The van der Waals surface area contributed by atoms with Crippen molar-refractivity contribution in [2.45, 2.75) is 82.3 Å². The molecule has 5 heterocycles. The lowest BCUT2D eigenvalue weighted by Gasteiger charge is -2.48. The number of methoxy groups -OCH3 is 1. The van der Waals surface area contributed by atoms with Gasteiger partial charge >= 0.3 is 5.97 Å². The van der Waals surface area contributed by atoms with E-state index < -0.39 is 12.1 Å². The van der Waals surface area contributed by atoms with Gasteiger partial charge in [0, 0.05) is 66.3 Å². The molecule has 314 valence electrons. The summed E-state index contributed by atoms with van der Waals surface area (Å²) >= 11 is 14.1. The summed E-state index contributed by atoms with van der Waals surface area (Å²) in [6, 6.07) is 21.5. The smallest absolute Gasteiger partial charge is 0.305 e. The number of fused-ring (bicyclic) bond motifs is 1. The van der Waals surface area contributed by atoms with Crippen LogP contribution >= 0.6 is 23.2 Å². The topological polar surface area (TPSA) is 180 Å². The number of carboxylic acids is 1. The normalized spacial score (nSPS) is 17.0. The second kappa shape index (κ2) is 18.1. The van der Waals surface area contributed by atoms with Gasteiger partial charge in [-0.15, -0.1) is 0 Å². The Morgan fingerprint density at radius 3 is 2.59 bits per heavy atom. The van der Waals surface area contributed by atoms with Crippen LogP contribution in [0.4, 0.5) is 0 Å². The van der Waals surface area contributed by atoms with E-state index in [0.29, 0.717) is 65.5 Å². The van der Waals surface area contributed by atoms with Crippen molar-refractivity contribution in [3.8, 4) is 46.1 Å². The molecule has 1 spiro atoms. The van der Waals surface area contributed by atoms with Gasteiger partial charge in [0.2, 0.25) is 23.5 Å². The Balaban J connectivity index is 1.01. The van der Waals surface area contributed by atoms with Crippen LogP contribution in [0.3, 0.4) is 0 Å². The first-order valence-corrected chi connectivity index (χ1v) is 21.0. The highest BCUT2D eigenvalue weighted by atomic mass is 35.5. The van der Waals surface area contributed by atoms with E-state index in [1.54, 1.807) is 25.4 Å². The van der Waals surface area contributed by atoms with Gasteiger partial charge in [-0.25, -0.2) is 4.98 Å². The van der Waals surface area contributed by atoms with E-state index in [2.05, 4.69) is 27.3 Å². The van der Waals surface area contributed by atoms with Gasteiger partial charge < -0.3 is 29.7 Å². The Morgan fingerprint density at radius 1 is 1.02 bits per heavy atom. The van der Waals surface area contributed by atoms with Gasteiger partial charge in [-0.3, -0.25) is 19.5 Å². The fraction of sp³-hybridized carbons (Fsp3) is 0.348. The average molecular weight is 864 g/mol. The lowest BCUT2D eigenvalue weighted by molar-refractivity contribution is -0.139. The number of carbonyl (C=O) groups is 2. The molecular formula is C46H44Cl2N6O7. The predicted molar refractivity (Wildman–Crippen MR) is 227 cm³/mol. The Morgan fingerprint density at radius 2 is 1.82 bits per heavy atom. The summed E-state index contributed by atoms with van der Waals surface area (Å²) in [4.78, 5) is 38.9. The molecule has 3 aliphatic rings. The summed E-state index contributed by atoms with van der Waals surface area (Å²) in [5.74, 6) is 0.0599. The zero-order chi connectivity index (χ0) is 42.7. The van der Waals surface area contributed by atoms with Crippen molar-refractivity contribution in [1.82, 2.24) is 25.2 Å². The zero-order valence-electron chi connectivity index (χ0n) is 33.5. The summed E-state index contributed by atoms with van der Waals surface area (Å²) in [7, 11) is 1.62. The number of likely N-dealkylation sites (tertiary alicyclic amines) is 1. The number of ether oxygens (including phenoxy) is 3. The molecule has 13 nitrogen and oxygen atoms in total. The van der Waals surface area contributed by atoms with Gasteiger partial charge in [0.05, 0.1) is 41.5 Å². The summed E-state index contributed by atoms with van der Waals surface area (Å²) in [5.41, 5.74) is 8.01. The number of aliphatic carboxylic acids is 1.